The molecular weight excluding hydrogens is 666 g/mol. The number of rotatable bonds is 6. The Morgan fingerprint density at radius 3 is 0.738 bits per heavy atom. The van der Waals surface area contributed by atoms with Crippen LogP contribution in [0.3, 0.4) is 0 Å². The van der Waals surface area contributed by atoms with Crippen molar-refractivity contribution in [1.82, 2.24) is 0 Å². The Kier molecular flexibility index (Phi) is 33.0. The molecule has 0 spiro atoms. The van der Waals surface area contributed by atoms with Crippen LogP contribution < -0.4 is 19.6 Å². The molecule has 4 rings (SSSR count). The molecule has 0 unspecified atom stereocenters. The van der Waals surface area contributed by atoms with Gasteiger partial charge in [0, 0.05) is 121 Å². The summed E-state index contributed by atoms with van der Waals surface area (Å²) < 4.78 is 0. The van der Waals surface area contributed by atoms with Gasteiger partial charge >= 0.3 is 0 Å². The van der Waals surface area contributed by atoms with E-state index in [-0.39, 0.29) is 80.3 Å². The van der Waals surface area contributed by atoms with E-state index in [0.29, 0.717) is 0 Å². The van der Waals surface area contributed by atoms with Crippen LogP contribution in [0.5, 0.6) is 0 Å². The Balaban J connectivity index is -0.000000222. The van der Waals surface area contributed by atoms with Crippen LogP contribution in [0, 0.1) is 24.3 Å². The zero-order valence-corrected chi connectivity index (χ0v) is 31.3. The molecule has 4 nitrogen and oxygen atoms in total. The van der Waals surface area contributed by atoms with Crippen molar-refractivity contribution in [2.45, 2.75) is 28.7 Å². The van der Waals surface area contributed by atoms with E-state index in [1.807, 2.05) is 101 Å². The van der Waals surface area contributed by atoms with Gasteiger partial charge in [-0.2, -0.15) is 72.8 Å². The first-order chi connectivity index (χ1) is 18.3. The molecule has 0 saturated heterocycles. The maximum Gasteiger partial charge on any atom is 0.0124 e. The van der Waals surface area contributed by atoms with Crippen LogP contribution in [0.1, 0.15) is 28.7 Å². The molecule has 0 aliphatic rings. The van der Waals surface area contributed by atoms with Gasteiger partial charge in [0.1, 0.15) is 0 Å². The Hall–Kier alpha value is -1.71. The van der Waals surface area contributed by atoms with Gasteiger partial charge in [0.2, 0.25) is 0 Å². The van der Waals surface area contributed by atoms with Crippen LogP contribution in [0.25, 0.3) is 0 Å². The average Bonchev–Trinajstić information content (AvgIpc) is 2.99. The largest absolute Gasteiger partial charge is 0.399 e. The molecule has 2 radical (unpaired) electrons. The molecule has 0 fully saturated rings. The molecule has 4 aromatic rings. The molecule has 0 aliphatic heterocycles. The smallest absolute Gasteiger partial charge is 0.0124 e. The summed E-state index contributed by atoms with van der Waals surface area (Å²) in [6, 6.07) is 43.6. The van der Waals surface area contributed by atoms with Gasteiger partial charge in [-0.25, -0.2) is 0 Å². The zero-order chi connectivity index (χ0) is 28.2. The van der Waals surface area contributed by atoms with Crippen molar-refractivity contribution in [1.29, 1.82) is 0 Å². The van der Waals surface area contributed by atoms with Gasteiger partial charge in [-0.1, -0.05) is 37.6 Å². The molecule has 6 heteroatoms. The maximum absolute atomic E-state index is 2.99. The number of benzene rings is 4. The van der Waals surface area contributed by atoms with E-state index in [9.17, 15) is 0 Å². The van der Waals surface area contributed by atoms with Crippen LogP contribution in [-0.4, -0.2) is 55.4 Å². The Labute approximate surface area is 310 Å². The number of hydrogen-bond donors (Lipinski definition) is 0. The van der Waals surface area contributed by atoms with E-state index < -0.39 is 0 Å². The summed E-state index contributed by atoms with van der Waals surface area (Å²) in [7, 11) is 12.2. The average molecular weight is 719 g/mol. The minimum atomic E-state index is 0. The summed E-state index contributed by atoms with van der Waals surface area (Å²) in [5.74, 6) is 0. The summed E-state index contributed by atoms with van der Waals surface area (Å²) in [4.78, 5) is 8.50. The second-order valence-corrected chi connectivity index (χ2v) is 8.85. The number of anilines is 4. The summed E-state index contributed by atoms with van der Waals surface area (Å²) in [5.41, 5.74) is 4.94. The molecule has 0 atom stereocenters. The third-order valence-corrected chi connectivity index (χ3v) is 5.67. The van der Waals surface area contributed by atoms with E-state index in [1.54, 1.807) is 0 Å². The fourth-order valence-corrected chi connectivity index (χ4v) is 2.98. The molecule has 0 aliphatic carbocycles. The second kappa shape index (κ2) is 29.4. The Morgan fingerprint density at radius 1 is 0.405 bits per heavy atom. The van der Waals surface area contributed by atoms with Gasteiger partial charge in [0.05, 0.1) is 0 Å². The topological polar surface area (TPSA) is 13.0 Å². The third kappa shape index (κ3) is 21.1. The molecule has 226 valence electrons. The first kappa shape index (κ1) is 47.2. The zero-order valence-electron chi connectivity index (χ0n) is 25.6. The molecule has 42 heavy (non-hydrogen) atoms. The fraction of sp³-hybridized carbons (Fsp3) is 0.333. The molecule has 0 heterocycles. The van der Waals surface area contributed by atoms with Crippen molar-refractivity contribution >= 4 is 22.7 Å². The predicted octanol–water partition coefficient (Wildman–Crippen LogP) is 8.26. The van der Waals surface area contributed by atoms with Crippen LogP contribution in [0.4, 0.5) is 22.7 Å². The summed E-state index contributed by atoms with van der Waals surface area (Å²) in [5, 5.41) is 0. The molecule has 4 aromatic carbocycles. The minimum absolute atomic E-state index is 0. The standard InChI is InChI=1S/2C9H12N.2C8H10N.2CH4.2Y/c2*1-3-10(2)9-7-5-4-6-8-9;2*1-9(2)8-6-4-3-5-7-8;;;;/h2*5-8H,3H2,1-2H3;2*4-7H,1-2H3;2*1H4;;/q4*-1;;;;. The van der Waals surface area contributed by atoms with E-state index in [1.165, 1.54) is 22.7 Å². The van der Waals surface area contributed by atoms with Crippen molar-refractivity contribution in [3.63, 3.8) is 0 Å². The normalized spacial score (nSPS) is 8.38. The summed E-state index contributed by atoms with van der Waals surface area (Å²) in [6.45, 7) is 6.36. The van der Waals surface area contributed by atoms with E-state index in [0.717, 1.165) is 13.1 Å². The van der Waals surface area contributed by atoms with Gasteiger partial charge in [-0.3, -0.25) is 0 Å². The molecule has 0 saturated carbocycles. The van der Waals surface area contributed by atoms with Crippen molar-refractivity contribution in [3.8, 4) is 0 Å². The predicted molar refractivity (Wildman–Crippen MR) is 181 cm³/mol. The maximum atomic E-state index is 2.99. The second-order valence-electron chi connectivity index (χ2n) is 8.85. The van der Waals surface area contributed by atoms with Gasteiger partial charge < -0.3 is 19.6 Å². The SMILES string of the molecule is C.C.CCN(C)c1cc[c-]cc1.CCN(C)c1cc[c-]cc1.CN(C)c1cc[c-]cc1.CN(C)c1cc[c-]cc1.[Y].[Y]. The molecule has 0 amide bonds. The van der Waals surface area contributed by atoms with E-state index >= 15 is 0 Å². The summed E-state index contributed by atoms with van der Waals surface area (Å²) in [6.07, 6.45) is 0. The van der Waals surface area contributed by atoms with Crippen molar-refractivity contribution in [2.75, 3.05) is 75.0 Å². The van der Waals surface area contributed by atoms with Gasteiger partial charge in [-0.15, -0.1) is 48.5 Å². The van der Waals surface area contributed by atoms with E-state index in [4.69, 9.17) is 0 Å². The quantitative estimate of drug-likeness (QED) is 0.186. The van der Waals surface area contributed by atoms with Gasteiger partial charge in [0.25, 0.3) is 0 Å². The van der Waals surface area contributed by atoms with Gasteiger partial charge in [-0.05, 0) is 13.8 Å². The first-order valence-corrected chi connectivity index (χ1v) is 12.9. The summed E-state index contributed by atoms with van der Waals surface area (Å²) >= 11 is 0. The van der Waals surface area contributed by atoms with Crippen molar-refractivity contribution < 1.29 is 65.4 Å². The fourth-order valence-electron chi connectivity index (χ4n) is 2.98. The van der Waals surface area contributed by atoms with Crippen LogP contribution >= 0.6 is 0 Å². The third-order valence-electron chi connectivity index (χ3n) is 5.67. The van der Waals surface area contributed by atoms with Crippen molar-refractivity contribution in [3.05, 3.63) is 121 Å². The monoisotopic (exact) mass is 718 g/mol. The van der Waals surface area contributed by atoms with Gasteiger partial charge in [0.15, 0.2) is 0 Å². The van der Waals surface area contributed by atoms with Crippen LogP contribution in [-0.2, 0) is 65.4 Å². The number of hydrogen-bond acceptors (Lipinski definition) is 4. The molecule has 0 N–H and O–H groups in total. The minimum Gasteiger partial charge on any atom is -0.399 e. The molecule has 0 bridgehead atoms. The Bertz CT molecular complexity index is 976. The molecule has 0 aromatic heterocycles. The Morgan fingerprint density at radius 2 is 0.595 bits per heavy atom. The van der Waals surface area contributed by atoms with Crippen LogP contribution in [0.2, 0.25) is 0 Å². The first-order valence-electron chi connectivity index (χ1n) is 12.9. The van der Waals surface area contributed by atoms with Crippen molar-refractivity contribution in [2.24, 2.45) is 0 Å². The van der Waals surface area contributed by atoms with Crippen LogP contribution in [0.15, 0.2) is 97.1 Å². The van der Waals surface area contributed by atoms with E-state index in [2.05, 4.69) is 96.1 Å². The molecular formula is C36H52N4Y2-4. The number of nitrogens with zero attached hydrogens (tertiary/aromatic N) is 4.